The van der Waals surface area contributed by atoms with Crippen molar-refractivity contribution in [3.8, 4) is 11.8 Å². The molecule has 1 fully saturated rings. The first-order valence-electron chi connectivity index (χ1n) is 10.3. The number of ether oxygens (including phenoxy) is 3. The van der Waals surface area contributed by atoms with Crippen molar-refractivity contribution in [2.75, 3.05) is 60.7 Å². The molecule has 2 rings (SSSR count). The number of hydrogen-bond donors (Lipinski definition) is 0. The van der Waals surface area contributed by atoms with Gasteiger partial charge in [-0.1, -0.05) is 19.1 Å². The van der Waals surface area contributed by atoms with Crippen LogP contribution in [0.5, 0.6) is 5.75 Å². The highest BCUT2D eigenvalue weighted by Crippen LogP contribution is 2.38. The summed E-state index contributed by atoms with van der Waals surface area (Å²) < 4.78 is 16.9. The van der Waals surface area contributed by atoms with Crippen LogP contribution < -0.4 is 4.74 Å². The summed E-state index contributed by atoms with van der Waals surface area (Å²) in [5.74, 6) is 1.56. The molecule has 0 saturated carbocycles. The van der Waals surface area contributed by atoms with Gasteiger partial charge in [-0.25, -0.2) is 0 Å². The van der Waals surface area contributed by atoms with E-state index < -0.39 is 5.41 Å². The lowest BCUT2D eigenvalue weighted by atomic mass is 9.69. The lowest BCUT2D eigenvalue weighted by molar-refractivity contribution is 0.0151. The van der Waals surface area contributed by atoms with Crippen molar-refractivity contribution in [3.05, 3.63) is 41.8 Å². The average molecular weight is 402 g/mol. The summed E-state index contributed by atoms with van der Waals surface area (Å²) in [5.41, 5.74) is 0.288. The molecule has 2 atom stereocenters. The molecule has 2 unspecified atom stereocenters. The van der Waals surface area contributed by atoms with Gasteiger partial charge in [0, 0.05) is 19.0 Å². The Labute approximate surface area is 175 Å². The van der Waals surface area contributed by atoms with E-state index in [-0.39, 0.29) is 5.92 Å². The molecule has 0 aliphatic carbocycles. The normalized spacial score (nSPS) is 18.1. The fourth-order valence-electron chi connectivity index (χ4n) is 3.69. The van der Waals surface area contributed by atoms with E-state index in [0.29, 0.717) is 26.2 Å². The second kappa shape index (κ2) is 11.1. The van der Waals surface area contributed by atoms with Crippen LogP contribution in [0.15, 0.2) is 36.2 Å². The van der Waals surface area contributed by atoms with Crippen molar-refractivity contribution >= 4 is 0 Å². The molecule has 0 aromatic heterocycles. The monoisotopic (exact) mass is 401 g/mol. The standard InChI is InChI=1S/C23H35N3O3/c1-6-29-22(26-12-14-28-15-13-26)16-19(2)23(18-24,10-11-25(3)4)20-8-7-9-21(17-20)27-5/h7-9,16-17,19H,6,10-15H2,1-5H3. The molecule has 1 aliphatic heterocycles. The Morgan fingerprint density at radius 1 is 1.38 bits per heavy atom. The van der Waals surface area contributed by atoms with Crippen LogP contribution in [0.1, 0.15) is 25.8 Å². The van der Waals surface area contributed by atoms with Crippen LogP contribution >= 0.6 is 0 Å². The number of benzene rings is 1. The molecular weight excluding hydrogens is 366 g/mol. The average Bonchev–Trinajstić information content (AvgIpc) is 2.75. The maximum atomic E-state index is 10.4. The highest BCUT2D eigenvalue weighted by atomic mass is 16.5. The molecule has 29 heavy (non-hydrogen) atoms. The summed E-state index contributed by atoms with van der Waals surface area (Å²) in [6.45, 7) is 8.49. The van der Waals surface area contributed by atoms with Gasteiger partial charge in [-0.2, -0.15) is 5.26 Å². The maximum absolute atomic E-state index is 10.4. The van der Waals surface area contributed by atoms with Gasteiger partial charge in [0.05, 0.1) is 38.4 Å². The summed E-state index contributed by atoms with van der Waals surface area (Å²) in [5, 5.41) is 10.4. The van der Waals surface area contributed by atoms with Gasteiger partial charge in [0.15, 0.2) is 5.88 Å². The van der Waals surface area contributed by atoms with Gasteiger partial charge < -0.3 is 24.0 Å². The lowest BCUT2D eigenvalue weighted by Crippen LogP contribution is -2.39. The maximum Gasteiger partial charge on any atom is 0.185 e. The van der Waals surface area contributed by atoms with Crippen molar-refractivity contribution in [2.24, 2.45) is 5.92 Å². The summed E-state index contributed by atoms with van der Waals surface area (Å²) in [4.78, 5) is 4.33. The first-order valence-corrected chi connectivity index (χ1v) is 10.3. The van der Waals surface area contributed by atoms with Crippen molar-refractivity contribution in [3.63, 3.8) is 0 Å². The molecule has 0 amide bonds. The molecule has 1 aromatic rings. The molecule has 160 valence electrons. The zero-order chi connectivity index (χ0) is 21.3. The fourth-order valence-corrected chi connectivity index (χ4v) is 3.69. The van der Waals surface area contributed by atoms with Crippen molar-refractivity contribution in [2.45, 2.75) is 25.7 Å². The van der Waals surface area contributed by atoms with E-state index in [0.717, 1.165) is 36.8 Å². The van der Waals surface area contributed by atoms with Gasteiger partial charge >= 0.3 is 0 Å². The van der Waals surface area contributed by atoms with E-state index in [1.54, 1.807) is 7.11 Å². The Hall–Kier alpha value is -2.23. The third-order valence-electron chi connectivity index (χ3n) is 5.52. The predicted molar refractivity (Wildman–Crippen MR) is 115 cm³/mol. The Kier molecular flexibility index (Phi) is 8.81. The zero-order valence-corrected chi connectivity index (χ0v) is 18.5. The molecule has 1 aromatic carbocycles. The van der Waals surface area contributed by atoms with E-state index in [9.17, 15) is 5.26 Å². The largest absolute Gasteiger partial charge is 0.497 e. The topological polar surface area (TPSA) is 58.0 Å². The number of rotatable bonds is 10. The van der Waals surface area contributed by atoms with E-state index in [2.05, 4.69) is 28.9 Å². The third-order valence-corrected chi connectivity index (χ3v) is 5.52. The van der Waals surface area contributed by atoms with Crippen molar-refractivity contribution < 1.29 is 14.2 Å². The molecule has 6 nitrogen and oxygen atoms in total. The number of nitriles is 1. The van der Waals surface area contributed by atoms with Gasteiger partial charge in [-0.05, 0) is 57.8 Å². The van der Waals surface area contributed by atoms with Crippen molar-refractivity contribution in [1.82, 2.24) is 9.80 Å². The number of allylic oxidation sites excluding steroid dienone is 1. The van der Waals surface area contributed by atoms with E-state index in [1.165, 1.54) is 0 Å². The molecule has 6 heteroatoms. The molecule has 0 radical (unpaired) electrons. The summed E-state index contributed by atoms with van der Waals surface area (Å²) in [6, 6.07) is 10.5. The second-order valence-electron chi connectivity index (χ2n) is 7.69. The van der Waals surface area contributed by atoms with Crippen LogP contribution in [0.2, 0.25) is 0 Å². The fraction of sp³-hybridized carbons (Fsp3) is 0.609. The third kappa shape index (κ3) is 5.88. The van der Waals surface area contributed by atoms with E-state index in [4.69, 9.17) is 14.2 Å². The van der Waals surface area contributed by atoms with E-state index in [1.807, 2.05) is 45.3 Å². The molecule has 0 N–H and O–H groups in total. The van der Waals surface area contributed by atoms with Gasteiger partial charge in [-0.3, -0.25) is 0 Å². The first kappa shape index (κ1) is 23.1. The van der Waals surface area contributed by atoms with Gasteiger partial charge in [-0.15, -0.1) is 0 Å². The van der Waals surface area contributed by atoms with Gasteiger partial charge in [0.2, 0.25) is 0 Å². The van der Waals surface area contributed by atoms with Crippen LogP contribution in [0.4, 0.5) is 0 Å². The SMILES string of the molecule is CCOC(=CC(C)C(C#N)(CCN(C)C)c1cccc(OC)c1)N1CCOCC1. The summed E-state index contributed by atoms with van der Waals surface area (Å²) in [6.07, 6.45) is 2.83. The number of hydrogen-bond acceptors (Lipinski definition) is 6. The van der Waals surface area contributed by atoms with Crippen LogP contribution in [-0.4, -0.2) is 70.5 Å². The summed E-state index contributed by atoms with van der Waals surface area (Å²) >= 11 is 0. The predicted octanol–water partition coefficient (Wildman–Crippen LogP) is 3.25. The zero-order valence-electron chi connectivity index (χ0n) is 18.5. The molecular formula is C23H35N3O3. The summed E-state index contributed by atoms with van der Waals surface area (Å²) in [7, 11) is 5.73. The molecule has 1 saturated heterocycles. The molecule has 1 aliphatic rings. The number of methoxy groups -OCH3 is 1. The second-order valence-corrected chi connectivity index (χ2v) is 7.69. The minimum atomic E-state index is -0.687. The minimum absolute atomic E-state index is 0.0519. The highest BCUT2D eigenvalue weighted by molar-refractivity contribution is 5.40. The number of nitrogens with zero attached hydrogens (tertiary/aromatic N) is 3. The Morgan fingerprint density at radius 3 is 2.69 bits per heavy atom. The van der Waals surface area contributed by atoms with E-state index >= 15 is 0 Å². The minimum Gasteiger partial charge on any atom is -0.497 e. The van der Waals surface area contributed by atoms with Crippen molar-refractivity contribution in [1.29, 1.82) is 5.26 Å². The molecule has 0 bridgehead atoms. The highest BCUT2D eigenvalue weighted by Gasteiger charge is 2.38. The molecule has 1 heterocycles. The Morgan fingerprint density at radius 2 is 2.10 bits per heavy atom. The quantitative estimate of drug-likeness (QED) is 0.561. The van der Waals surface area contributed by atoms with Crippen LogP contribution in [0, 0.1) is 17.2 Å². The van der Waals surface area contributed by atoms with Gasteiger partial charge in [0.1, 0.15) is 5.75 Å². The first-order chi connectivity index (χ1) is 14.0. The van der Waals surface area contributed by atoms with Gasteiger partial charge in [0.25, 0.3) is 0 Å². The smallest absolute Gasteiger partial charge is 0.185 e. The van der Waals surface area contributed by atoms with Crippen LogP contribution in [0.25, 0.3) is 0 Å². The lowest BCUT2D eigenvalue weighted by Gasteiger charge is -2.35. The Balaban J connectivity index is 2.45. The van der Waals surface area contributed by atoms with Crippen LogP contribution in [0.3, 0.4) is 0 Å². The van der Waals surface area contributed by atoms with Crippen LogP contribution in [-0.2, 0) is 14.9 Å². The number of morpholine rings is 1. The molecule has 0 spiro atoms. The Bertz CT molecular complexity index is 708.